The number of aliphatic imine (C=N–C) groups is 1. The Bertz CT molecular complexity index is 755. The maximum Gasteiger partial charge on any atom is 0.192 e. The molecule has 2 aromatic rings. The van der Waals surface area contributed by atoms with Gasteiger partial charge in [0.05, 0.1) is 12.6 Å². The van der Waals surface area contributed by atoms with Crippen LogP contribution in [0.5, 0.6) is 0 Å². The molecule has 1 aliphatic heterocycles. The minimum Gasteiger partial charge on any atom is -0.357 e. The third-order valence-electron chi connectivity index (χ3n) is 5.44. The summed E-state index contributed by atoms with van der Waals surface area (Å²) in [5.41, 5.74) is 3.87. The van der Waals surface area contributed by atoms with Crippen molar-refractivity contribution in [3.63, 3.8) is 0 Å². The number of rotatable bonds is 7. The van der Waals surface area contributed by atoms with Gasteiger partial charge in [0.2, 0.25) is 0 Å². The van der Waals surface area contributed by atoms with E-state index in [1.807, 2.05) is 6.07 Å². The summed E-state index contributed by atoms with van der Waals surface area (Å²) in [5.74, 6) is 0.852. The summed E-state index contributed by atoms with van der Waals surface area (Å²) in [6.07, 6.45) is 0. The molecular formula is C24H36IN5. The topological polar surface area (TPSA) is 42.9 Å². The van der Waals surface area contributed by atoms with E-state index < -0.39 is 0 Å². The number of piperazine rings is 1. The molecule has 1 unspecified atom stereocenters. The van der Waals surface area contributed by atoms with E-state index in [0.717, 1.165) is 45.2 Å². The molecule has 0 aromatic heterocycles. The molecule has 2 aromatic carbocycles. The Morgan fingerprint density at radius 1 is 0.967 bits per heavy atom. The van der Waals surface area contributed by atoms with E-state index in [9.17, 15) is 0 Å². The van der Waals surface area contributed by atoms with Crippen LogP contribution >= 0.6 is 24.0 Å². The highest BCUT2D eigenvalue weighted by atomic mass is 127. The molecule has 1 saturated heterocycles. The zero-order chi connectivity index (χ0) is 20.5. The van der Waals surface area contributed by atoms with Gasteiger partial charge in [-0.1, -0.05) is 54.6 Å². The Hall–Kier alpha value is -1.64. The summed E-state index contributed by atoms with van der Waals surface area (Å²) in [7, 11) is 2.20. The summed E-state index contributed by atoms with van der Waals surface area (Å²) < 4.78 is 0. The lowest BCUT2D eigenvalue weighted by molar-refractivity contribution is 0.148. The summed E-state index contributed by atoms with van der Waals surface area (Å²) in [6.45, 7) is 11.4. The highest BCUT2D eigenvalue weighted by Gasteiger charge is 2.13. The molecule has 164 valence electrons. The largest absolute Gasteiger partial charge is 0.357 e. The maximum atomic E-state index is 4.78. The predicted octanol–water partition coefficient (Wildman–Crippen LogP) is 3.87. The highest BCUT2D eigenvalue weighted by molar-refractivity contribution is 14.0. The maximum absolute atomic E-state index is 4.78. The second kappa shape index (κ2) is 12.9. The fraction of sp³-hybridized carbons (Fsp3) is 0.458. The van der Waals surface area contributed by atoms with Crippen LogP contribution in [-0.2, 0) is 13.1 Å². The van der Waals surface area contributed by atoms with Crippen LogP contribution in [0.3, 0.4) is 0 Å². The van der Waals surface area contributed by atoms with E-state index >= 15 is 0 Å². The van der Waals surface area contributed by atoms with Gasteiger partial charge in [-0.2, -0.15) is 0 Å². The van der Waals surface area contributed by atoms with Crippen molar-refractivity contribution in [1.82, 2.24) is 20.4 Å². The van der Waals surface area contributed by atoms with E-state index in [1.54, 1.807) is 0 Å². The average molecular weight is 521 g/mol. The minimum absolute atomic E-state index is 0. The molecule has 0 spiro atoms. The second-order valence-corrected chi connectivity index (χ2v) is 7.87. The Balaban J connectivity index is 0.00000320. The third kappa shape index (κ3) is 7.89. The number of nitrogens with one attached hydrogen (secondary N) is 2. The molecule has 1 fully saturated rings. The molecule has 0 radical (unpaired) electrons. The number of hydrogen-bond acceptors (Lipinski definition) is 3. The van der Waals surface area contributed by atoms with Crippen LogP contribution in [0.1, 0.15) is 36.6 Å². The molecule has 30 heavy (non-hydrogen) atoms. The number of halogens is 1. The third-order valence-corrected chi connectivity index (χ3v) is 5.44. The van der Waals surface area contributed by atoms with E-state index in [1.165, 1.54) is 16.7 Å². The van der Waals surface area contributed by atoms with Crippen molar-refractivity contribution in [3.05, 3.63) is 71.3 Å². The van der Waals surface area contributed by atoms with Crippen LogP contribution in [0.4, 0.5) is 0 Å². The van der Waals surface area contributed by atoms with Gasteiger partial charge in [0, 0.05) is 39.3 Å². The highest BCUT2D eigenvalue weighted by Crippen LogP contribution is 2.12. The van der Waals surface area contributed by atoms with Crippen LogP contribution in [0, 0.1) is 0 Å². The van der Waals surface area contributed by atoms with E-state index in [2.05, 4.69) is 89.9 Å². The molecule has 1 heterocycles. The molecule has 0 amide bonds. The van der Waals surface area contributed by atoms with Gasteiger partial charge in [-0.25, -0.2) is 4.99 Å². The first-order valence-corrected chi connectivity index (χ1v) is 10.7. The number of guanidine groups is 1. The molecule has 1 aliphatic rings. The summed E-state index contributed by atoms with van der Waals surface area (Å²) in [5, 5.41) is 6.85. The van der Waals surface area contributed by atoms with Crippen LogP contribution in [0.2, 0.25) is 0 Å². The van der Waals surface area contributed by atoms with Gasteiger partial charge in [-0.15, -0.1) is 24.0 Å². The van der Waals surface area contributed by atoms with Crippen LogP contribution < -0.4 is 10.6 Å². The molecular weight excluding hydrogens is 485 g/mol. The first kappa shape index (κ1) is 24.6. The van der Waals surface area contributed by atoms with E-state index in [-0.39, 0.29) is 30.0 Å². The van der Waals surface area contributed by atoms with Crippen LogP contribution in [0.15, 0.2) is 59.6 Å². The van der Waals surface area contributed by atoms with Gasteiger partial charge >= 0.3 is 0 Å². The first-order valence-electron chi connectivity index (χ1n) is 10.7. The average Bonchev–Trinajstić information content (AvgIpc) is 2.75. The zero-order valence-corrected chi connectivity index (χ0v) is 20.8. The molecule has 0 aliphatic carbocycles. The number of hydrogen-bond donors (Lipinski definition) is 2. The normalized spacial score (nSPS) is 16.6. The fourth-order valence-electron chi connectivity index (χ4n) is 3.53. The Morgan fingerprint density at radius 2 is 1.60 bits per heavy atom. The van der Waals surface area contributed by atoms with E-state index in [0.29, 0.717) is 6.54 Å². The van der Waals surface area contributed by atoms with Crippen molar-refractivity contribution >= 4 is 29.9 Å². The molecule has 2 N–H and O–H groups in total. The Morgan fingerprint density at radius 3 is 2.23 bits per heavy atom. The van der Waals surface area contributed by atoms with Crippen molar-refractivity contribution in [2.24, 2.45) is 4.99 Å². The summed E-state index contributed by atoms with van der Waals surface area (Å²) >= 11 is 0. The van der Waals surface area contributed by atoms with Gasteiger partial charge in [-0.05, 0) is 37.6 Å². The SMILES string of the molecule is CCNC(=NCc1ccc(CN2CCN(C)CC2)cc1)NC(C)c1ccccc1.I. The van der Waals surface area contributed by atoms with Crippen molar-refractivity contribution in [3.8, 4) is 0 Å². The summed E-state index contributed by atoms with van der Waals surface area (Å²) in [4.78, 5) is 9.71. The second-order valence-electron chi connectivity index (χ2n) is 7.87. The van der Waals surface area contributed by atoms with Crippen molar-refractivity contribution in [1.29, 1.82) is 0 Å². The number of benzene rings is 2. The fourth-order valence-corrected chi connectivity index (χ4v) is 3.53. The van der Waals surface area contributed by atoms with Crippen molar-refractivity contribution in [2.45, 2.75) is 33.0 Å². The standard InChI is InChI=1S/C24H35N5.HI/c1-4-25-24(27-20(2)23-8-6-5-7-9-23)26-18-21-10-12-22(13-11-21)19-29-16-14-28(3)15-17-29;/h5-13,20H,4,14-19H2,1-3H3,(H2,25,26,27);1H. The molecule has 1 atom stereocenters. The molecule has 3 rings (SSSR count). The molecule has 5 nitrogen and oxygen atoms in total. The Kier molecular flexibility index (Phi) is 10.6. The lowest BCUT2D eigenvalue weighted by atomic mass is 10.1. The van der Waals surface area contributed by atoms with Gasteiger partial charge in [-0.3, -0.25) is 4.90 Å². The first-order chi connectivity index (χ1) is 14.1. The summed E-state index contributed by atoms with van der Waals surface area (Å²) in [6, 6.07) is 19.6. The van der Waals surface area contributed by atoms with Crippen LogP contribution in [0.25, 0.3) is 0 Å². The van der Waals surface area contributed by atoms with Gasteiger partial charge in [0.1, 0.15) is 0 Å². The molecule has 0 bridgehead atoms. The van der Waals surface area contributed by atoms with Crippen molar-refractivity contribution in [2.75, 3.05) is 39.8 Å². The van der Waals surface area contributed by atoms with Gasteiger partial charge in [0.25, 0.3) is 0 Å². The van der Waals surface area contributed by atoms with Crippen molar-refractivity contribution < 1.29 is 0 Å². The monoisotopic (exact) mass is 521 g/mol. The quantitative estimate of drug-likeness (QED) is 0.330. The zero-order valence-electron chi connectivity index (χ0n) is 18.5. The van der Waals surface area contributed by atoms with Crippen LogP contribution in [-0.4, -0.2) is 55.5 Å². The van der Waals surface area contributed by atoms with E-state index in [4.69, 9.17) is 4.99 Å². The molecule has 6 heteroatoms. The number of likely N-dealkylation sites (N-methyl/N-ethyl adjacent to an activating group) is 1. The van der Waals surface area contributed by atoms with Gasteiger partial charge in [0.15, 0.2) is 5.96 Å². The number of nitrogens with zero attached hydrogens (tertiary/aromatic N) is 3. The predicted molar refractivity (Wildman–Crippen MR) is 137 cm³/mol. The minimum atomic E-state index is 0. The lowest BCUT2D eigenvalue weighted by Gasteiger charge is -2.32. The molecule has 0 saturated carbocycles. The lowest BCUT2D eigenvalue weighted by Crippen LogP contribution is -2.43. The smallest absolute Gasteiger partial charge is 0.192 e. The van der Waals surface area contributed by atoms with Gasteiger partial charge < -0.3 is 15.5 Å². The Labute approximate surface area is 199 Å².